The van der Waals surface area contributed by atoms with Gasteiger partial charge in [0.2, 0.25) is 0 Å². The summed E-state index contributed by atoms with van der Waals surface area (Å²) in [5.41, 5.74) is 1.42. The minimum atomic E-state index is -0.451. The minimum absolute atomic E-state index is 0.0387. The van der Waals surface area contributed by atoms with E-state index in [0.717, 1.165) is 10.5 Å². The van der Waals surface area contributed by atoms with Gasteiger partial charge in [-0.3, -0.25) is 14.9 Å². The number of nitrogens with zero attached hydrogens (tertiary/aromatic N) is 1. The third-order valence-corrected chi connectivity index (χ3v) is 4.23. The van der Waals surface area contributed by atoms with Crippen LogP contribution in [-0.4, -0.2) is 11.2 Å². The van der Waals surface area contributed by atoms with E-state index < -0.39 is 4.92 Å². The van der Waals surface area contributed by atoms with Gasteiger partial charge in [-0.15, -0.1) is 0 Å². The maximum atomic E-state index is 11.2. The van der Waals surface area contributed by atoms with Crippen molar-refractivity contribution in [3.05, 3.63) is 63.7 Å². The average molecular weight is 301 g/mol. The summed E-state index contributed by atoms with van der Waals surface area (Å²) >= 11 is 1.36. The first-order valence-corrected chi connectivity index (χ1v) is 7.35. The standard InChI is InChI=1S/C16H15NO3S/c1-11(2)13-5-3-4-6-15(13)21-16-8-7-12(10-18)9-14(16)17(19)20/h3-11H,1-2H3. The smallest absolute Gasteiger partial charge is 0.283 e. The van der Waals surface area contributed by atoms with Crippen molar-refractivity contribution in [3.8, 4) is 0 Å². The zero-order valence-electron chi connectivity index (χ0n) is 11.8. The van der Waals surface area contributed by atoms with Crippen molar-refractivity contribution in [1.29, 1.82) is 0 Å². The van der Waals surface area contributed by atoms with Gasteiger partial charge in [-0.05, 0) is 23.6 Å². The lowest BCUT2D eigenvalue weighted by Crippen LogP contribution is -1.94. The number of nitro groups is 1. The van der Waals surface area contributed by atoms with Crippen LogP contribution in [0.15, 0.2) is 52.3 Å². The average Bonchev–Trinajstić information content (AvgIpc) is 2.47. The summed E-state index contributed by atoms with van der Waals surface area (Å²) in [6.45, 7) is 4.17. The molecule has 108 valence electrons. The summed E-state index contributed by atoms with van der Waals surface area (Å²) in [6, 6.07) is 12.4. The molecule has 0 fully saturated rings. The number of nitro benzene ring substituents is 1. The molecule has 0 aliphatic heterocycles. The number of rotatable bonds is 5. The van der Waals surface area contributed by atoms with E-state index >= 15 is 0 Å². The van der Waals surface area contributed by atoms with Gasteiger partial charge in [0.25, 0.3) is 5.69 Å². The van der Waals surface area contributed by atoms with E-state index in [4.69, 9.17) is 0 Å². The molecule has 0 aliphatic carbocycles. The van der Waals surface area contributed by atoms with E-state index in [1.807, 2.05) is 24.3 Å². The van der Waals surface area contributed by atoms with Crippen LogP contribution in [0.4, 0.5) is 5.69 Å². The van der Waals surface area contributed by atoms with Gasteiger partial charge >= 0.3 is 0 Å². The third kappa shape index (κ3) is 3.49. The highest BCUT2D eigenvalue weighted by Crippen LogP contribution is 2.38. The normalized spacial score (nSPS) is 10.6. The lowest BCUT2D eigenvalue weighted by atomic mass is 10.0. The fourth-order valence-corrected chi connectivity index (χ4v) is 3.18. The van der Waals surface area contributed by atoms with E-state index in [0.29, 0.717) is 22.7 Å². The van der Waals surface area contributed by atoms with Gasteiger partial charge in [0.1, 0.15) is 6.29 Å². The Morgan fingerprint density at radius 1 is 1.14 bits per heavy atom. The molecule has 2 aromatic rings. The molecule has 2 rings (SSSR count). The zero-order chi connectivity index (χ0) is 15.4. The molecule has 0 atom stereocenters. The molecule has 0 spiro atoms. The second-order valence-corrected chi connectivity index (χ2v) is 5.98. The third-order valence-electron chi connectivity index (χ3n) is 3.08. The van der Waals surface area contributed by atoms with Crippen molar-refractivity contribution < 1.29 is 9.72 Å². The zero-order valence-corrected chi connectivity index (χ0v) is 12.6. The molecule has 0 N–H and O–H groups in total. The van der Waals surface area contributed by atoms with Gasteiger partial charge in [-0.2, -0.15) is 0 Å². The molecule has 5 heteroatoms. The quantitative estimate of drug-likeness (QED) is 0.457. The van der Waals surface area contributed by atoms with Crippen LogP contribution in [0.1, 0.15) is 35.7 Å². The van der Waals surface area contributed by atoms with E-state index in [-0.39, 0.29) is 5.69 Å². The topological polar surface area (TPSA) is 60.2 Å². The van der Waals surface area contributed by atoms with E-state index in [9.17, 15) is 14.9 Å². The predicted molar refractivity (Wildman–Crippen MR) is 83.1 cm³/mol. The molecule has 0 amide bonds. The van der Waals surface area contributed by atoms with Crippen molar-refractivity contribution in [2.24, 2.45) is 0 Å². The largest absolute Gasteiger partial charge is 0.298 e. The lowest BCUT2D eigenvalue weighted by Gasteiger charge is -2.12. The highest BCUT2D eigenvalue weighted by atomic mass is 32.2. The van der Waals surface area contributed by atoms with Gasteiger partial charge < -0.3 is 0 Å². The summed E-state index contributed by atoms with van der Waals surface area (Å²) in [6.07, 6.45) is 0.615. The van der Waals surface area contributed by atoms with Gasteiger partial charge in [0.15, 0.2) is 0 Å². The van der Waals surface area contributed by atoms with Crippen molar-refractivity contribution in [2.45, 2.75) is 29.6 Å². The minimum Gasteiger partial charge on any atom is -0.298 e. The Balaban J connectivity index is 2.45. The first-order valence-electron chi connectivity index (χ1n) is 6.53. The molecule has 0 unspecified atom stereocenters. The first kappa shape index (κ1) is 15.3. The van der Waals surface area contributed by atoms with Crippen LogP contribution in [0, 0.1) is 10.1 Å². The molecule has 0 bridgehead atoms. The highest BCUT2D eigenvalue weighted by molar-refractivity contribution is 7.99. The monoisotopic (exact) mass is 301 g/mol. The number of aldehydes is 1. The van der Waals surface area contributed by atoms with Crippen molar-refractivity contribution in [1.82, 2.24) is 0 Å². The van der Waals surface area contributed by atoms with Gasteiger partial charge in [0, 0.05) is 16.5 Å². The number of benzene rings is 2. The first-order chi connectivity index (χ1) is 10.0. The molecule has 0 aliphatic rings. The Labute approximate surface area is 127 Å². The van der Waals surface area contributed by atoms with Crippen LogP contribution in [-0.2, 0) is 0 Å². The van der Waals surface area contributed by atoms with Crippen LogP contribution in [0.3, 0.4) is 0 Å². The molecule has 0 aromatic heterocycles. The predicted octanol–water partition coefficient (Wildman–Crippen LogP) is 4.68. The van der Waals surface area contributed by atoms with Crippen molar-refractivity contribution in [2.75, 3.05) is 0 Å². The second kappa shape index (κ2) is 6.54. The maximum Gasteiger partial charge on any atom is 0.283 e. The van der Waals surface area contributed by atoms with Crippen LogP contribution >= 0.6 is 11.8 Å². The summed E-state index contributed by atoms with van der Waals surface area (Å²) in [5.74, 6) is 0.335. The Kier molecular flexibility index (Phi) is 4.75. The SMILES string of the molecule is CC(C)c1ccccc1Sc1ccc(C=O)cc1[N+](=O)[O-]. The summed E-state index contributed by atoms with van der Waals surface area (Å²) in [7, 11) is 0. The summed E-state index contributed by atoms with van der Waals surface area (Å²) in [4.78, 5) is 23.0. The molecular weight excluding hydrogens is 286 g/mol. The van der Waals surface area contributed by atoms with E-state index in [2.05, 4.69) is 13.8 Å². The lowest BCUT2D eigenvalue weighted by molar-refractivity contribution is -0.387. The Bertz CT molecular complexity index is 683. The molecule has 0 saturated carbocycles. The Hall–Kier alpha value is -2.14. The van der Waals surface area contributed by atoms with Crippen LogP contribution in [0.2, 0.25) is 0 Å². The maximum absolute atomic E-state index is 11.2. The molecule has 21 heavy (non-hydrogen) atoms. The number of carbonyl (C=O) groups is 1. The van der Waals surface area contributed by atoms with Crippen LogP contribution in [0.25, 0.3) is 0 Å². The van der Waals surface area contributed by atoms with E-state index in [1.54, 1.807) is 12.1 Å². The van der Waals surface area contributed by atoms with Gasteiger partial charge in [0.05, 0.1) is 9.82 Å². The number of carbonyl (C=O) groups excluding carboxylic acids is 1. The molecular formula is C16H15NO3S. The molecule has 2 aromatic carbocycles. The van der Waals surface area contributed by atoms with Crippen LogP contribution < -0.4 is 0 Å². The number of hydrogen-bond donors (Lipinski definition) is 0. The highest BCUT2D eigenvalue weighted by Gasteiger charge is 2.17. The Morgan fingerprint density at radius 2 is 1.86 bits per heavy atom. The second-order valence-electron chi connectivity index (χ2n) is 4.90. The van der Waals surface area contributed by atoms with Gasteiger partial charge in [-0.1, -0.05) is 49.9 Å². The molecule has 4 nitrogen and oxygen atoms in total. The Morgan fingerprint density at radius 3 is 2.48 bits per heavy atom. The van der Waals surface area contributed by atoms with Crippen molar-refractivity contribution >= 4 is 23.7 Å². The summed E-state index contributed by atoms with van der Waals surface area (Å²) < 4.78 is 0. The van der Waals surface area contributed by atoms with Crippen molar-refractivity contribution in [3.63, 3.8) is 0 Å². The molecule has 0 radical (unpaired) electrons. The molecule has 0 heterocycles. The van der Waals surface area contributed by atoms with Gasteiger partial charge in [-0.25, -0.2) is 0 Å². The summed E-state index contributed by atoms with van der Waals surface area (Å²) in [5, 5.41) is 11.2. The number of hydrogen-bond acceptors (Lipinski definition) is 4. The fourth-order valence-electron chi connectivity index (χ4n) is 2.01. The van der Waals surface area contributed by atoms with Crippen LogP contribution in [0.5, 0.6) is 0 Å². The molecule has 0 saturated heterocycles. The van der Waals surface area contributed by atoms with E-state index in [1.165, 1.54) is 17.8 Å². The fraction of sp³-hybridized carbons (Fsp3) is 0.188.